The SMILES string of the molecule is NC(=O)OCCNC1CCOC2(CCOCC2)C1. The summed E-state index contributed by atoms with van der Waals surface area (Å²) in [6.45, 7) is 3.33. The van der Waals surface area contributed by atoms with Crippen molar-refractivity contribution in [1.82, 2.24) is 5.32 Å². The monoisotopic (exact) mass is 258 g/mol. The molecule has 0 aromatic rings. The van der Waals surface area contributed by atoms with E-state index in [0.29, 0.717) is 19.2 Å². The van der Waals surface area contributed by atoms with E-state index in [1.165, 1.54) is 0 Å². The van der Waals surface area contributed by atoms with Gasteiger partial charge in [-0.25, -0.2) is 4.79 Å². The number of nitrogens with two attached hydrogens (primary N) is 1. The standard InChI is InChI=1S/C12H22N2O4/c13-11(15)17-8-4-14-10-1-5-18-12(9-10)2-6-16-7-3-12/h10,14H,1-9H2,(H2,13,15). The van der Waals surface area contributed by atoms with Crippen LogP contribution in [-0.2, 0) is 14.2 Å². The average molecular weight is 258 g/mol. The lowest BCUT2D eigenvalue weighted by atomic mass is 9.84. The van der Waals surface area contributed by atoms with Crippen LogP contribution >= 0.6 is 0 Å². The molecule has 2 saturated heterocycles. The van der Waals surface area contributed by atoms with Gasteiger partial charge in [0.25, 0.3) is 0 Å². The first kappa shape index (κ1) is 13.6. The van der Waals surface area contributed by atoms with Crippen molar-refractivity contribution in [3.8, 4) is 0 Å². The van der Waals surface area contributed by atoms with Crippen LogP contribution in [0.15, 0.2) is 0 Å². The van der Waals surface area contributed by atoms with Gasteiger partial charge in [-0.3, -0.25) is 0 Å². The molecule has 1 atom stereocenters. The lowest BCUT2D eigenvalue weighted by Crippen LogP contribution is -2.50. The van der Waals surface area contributed by atoms with E-state index in [0.717, 1.165) is 45.5 Å². The molecule has 6 heteroatoms. The Bertz CT molecular complexity index is 274. The van der Waals surface area contributed by atoms with Crippen LogP contribution in [0.1, 0.15) is 25.7 Å². The second-order valence-electron chi connectivity index (χ2n) is 4.96. The van der Waals surface area contributed by atoms with Crippen molar-refractivity contribution in [2.24, 2.45) is 5.73 Å². The fourth-order valence-electron chi connectivity index (χ4n) is 2.71. The van der Waals surface area contributed by atoms with Crippen LogP contribution in [0.25, 0.3) is 0 Å². The topological polar surface area (TPSA) is 82.8 Å². The van der Waals surface area contributed by atoms with Crippen molar-refractivity contribution in [1.29, 1.82) is 0 Å². The molecule has 2 aliphatic heterocycles. The molecule has 0 aliphatic carbocycles. The average Bonchev–Trinajstić information content (AvgIpc) is 2.36. The number of carbonyl (C=O) groups excluding carboxylic acids is 1. The van der Waals surface area contributed by atoms with Crippen molar-refractivity contribution < 1.29 is 19.0 Å². The molecule has 2 aliphatic rings. The number of primary amides is 1. The van der Waals surface area contributed by atoms with E-state index in [4.69, 9.17) is 19.9 Å². The number of hydrogen-bond acceptors (Lipinski definition) is 5. The van der Waals surface area contributed by atoms with E-state index >= 15 is 0 Å². The predicted molar refractivity (Wildman–Crippen MR) is 65.3 cm³/mol. The molecular formula is C12H22N2O4. The molecule has 2 fully saturated rings. The van der Waals surface area contributed by atoms with Crippen molar-refractivity contribution in [2.45, 2.75) is 37.3 Å². The van der Waals surface area contributed by atoms with Gasteiger partial charge < -0.3 is 25.3 Å². The minimum absolute atomic E-state index is 0.00128. The third-order valence-electron chi connectivity index (χ3n) is 3.68. The molecule has 0 aromatic heterocycles. The zero-order valence-corrected chi connectivity index (χ0v) is 10.7. The third kappa shape index (κ3) is 3.83. The summed E-state index contributed by atoms with van der Waals surface area (Å²) in [7, 11) is 0. The van der Waals surface area contributed by atoms with E-state index in [1.54, 1.807) is 0 Å². The van der Waals surface area contributed by atoms with Gasteiger partial charge in [-0.1, -0.05) is 0 Å². The number of amides is 1. The first-order valence-corrected chi connectivity index (χ1v) is 6.58. The Kier molecular flexibility index (Phi) is 4.79. The van der Waals surface area contributed by atoms with E-state index in [2.05, 4.69) is 5.32 Å². The minimum atomic E-state index is -0.718. The van der Waals surface area contributed by atoms with Crippen LogP contribution in [0, 0.1) is 0 Å². The lowest BCUT2D eigenvalue weighted by molar-refractivity contribution is -0.140. The van der Waals surface area contributed by atoms with Gasteiger partial charge in [0, 0.05) is 32.4 Å². The Hall–Kier alpha value is -0.850. The van der Waals surface area contributed by atoms with Crippen molar-refractivity contribution in [3.05, 3.63) is 0 Å². The van der Waals surface area contributed by atoms with Crippen LogP contribution in [0.4, 0.5) is 4.79 Å². The molecule has 2 heterocycles. The van der Waals surface area contributed by atoms with Crippen LogP contribution in [0.3, 0.4) is 0 Å². The van der Waals surface area contributed by atoms with Crippen LogP contribution in [0.2, 0.25) is 0 Å². The summed E-state index contributed by atoms with van der Waals surface area (Å²) >= 11 is 0. The largest absolute Gasteiger partial charge is 0.448 e. The molecule has 1 unspecified atom stereocenters. The van der Waals surface area contributed by atoms with Crippen molar-refractivity contribution in [3.63, 3.8) is 0 Å². The summed E-state index contributed by atoms with van der Waals surface area (Å²) in [5.74, 6) is 0. The van der Waals surface area contributed by atoms with E-state index in [1.807, 2.05) is 0 Å². The summed E-state index contributed by atoms with van der Waals surface area (Å²) in [6.07, 6.45) is 3.24. The van der Waals surface area contributed by atoms with Gasteiger partial charge in [0.15, 0.2) is 0 Å². The quantitative estimate of drug-likeness (QED) is 0.713. The number of carbonyl (C=O) groups is 1. The second kappa shape index (κ2) is 6.36. The summed E-state index contributed by atoms with van der Waals surface area (Å²) in [6, 6.07) is 0.424. The van der Waals surface area contributed by atoms with Gasteiger partial charge in [-0.2, -0.15) is 0 Å². The van der Waals surface area contributed by atoms with Gasteiger partial charge in [0.05, 0.1) is 5.60 Å². The van der Waals surface area contributed by atoms with Gasteiger partial charge >= 0.3 is 6.09 Å². The smallest absolute Gasteiger partial charge is 0.404 e. The minimum Gasteiger partial charge on any atom is -0.448 e. The fraction of sp³-hybridized carbons (Fsp3) is 0.917. The Morgan fingerprint density at radius 2 is 2.17 bits per heavy atom. The Morgan fingerprint density at radius 1 is 1.39 bits per heavy atom. The summed E-state index contributed by atoms with van der Waals surface area (Å²) in [4.78, 5) is 10.4. The van der Waals surface area contributed by atoms with E-state index in [9.17, 15) is 4.79 Å². The van der Waals surface area contributed by atoms with Gasteiger partial charge in [-0.05, 0) is 25.7 Å². The van der Waals surface area contributed by atoms with Crippen LogP contribution in [-0.4, -0.2) is 50.7 Å². The highest BCUT2D eigenvalue weighted by molar-refractivity contribution is 5.64. The fourth-order valence-corrected chi connectivity index (χ4v) is 2.71. The van der Waals surface area contributed by atoms with E-state index in [-0.39, 0.29) is 5.60 Å². The highest BCUT2D eigenvalue weighted by Crippen LogP contribution is 2.34. The van der Waals surface area contributed by atoms with Gasteiger partial charge in [0.1, 0.15) is 6.61 Å². The van der Waals surface area contributed by atoms with Crippen molar-refractivity contribution in [2.75, 3.05) is 33.0 Å². The van der Waals surface area contributed by atoms with Crippen LogP contribution in [0.5, 0.6) is 0 Å². The molecule has 3 N–H and O–H groups in total. The maximum absolute atomic E-state index is 10.4. The lowest BCUT2D eigenvalue weighted by Gasteiger charge is -2.43. The maximum Gasteiger partial charge on any atom is 0.404 e. The Morgan fingerprint density at radius 3 is 2.89 bits per heavy atom. The molecule has 0 aromatic carbocycles. The molecule has 2 rings (SSSR count). The normalized spacial score (nSPS) is 27.0. The summed E-state index contributed by atoms with van der Waals surface area (Å²) < 4.78 is 16.0. The van der Waals surface area contributed by atoms with Crippen LogP contribution < -0.4 is 11.1 Å². The number of ether oxygens (including phenoxy) is 3. The summed E-state index contributed by atoms with van der Waals surface area (Å²) in [5.41, 5.74) is 4.90. The zero-order valence-electron chi connectivity index (χ0n) is 10.7. The zero-order chi connectivity index (χ0) is 12.8. The third-order valence-corrected chi connectivity index (χ3v) is 3.68. The first-order valence-electron chi connectivity index (χ1n) is 6.58. The van der Waals surface area contributed by atoms with E-state index < -0.39 is 6.09 Å². The molecule has 0 saturated carbocycles. The maximum atomic E-state index is 10.4. The second-order valence-corrected chi connectivity index (χ2v) is 4.96. The number of rotatable bonds is 4. The van der Waals surface area contributed by atoms with Gasteiger partial charge in [-0.15, -0.1) is 0 Å². The molecule has 6 nitrogen and oxygen atoms in total. The summed E-state index contributed by atoms with van der Waals surface area (Å²) in [5, 5.41) is 3.39. The first-order chi connectivity index (χ1) is 8.70. The highest BCUT2D eigenvalue weighted by Gasteiger charge is 2.38. The molecule has 0 bridgehead atoms. The van der Waals surface area contributed by atoms with Gasteiger partial charge in [0.2, 0.25) is 0 Å². The Labute approximate surface area is 107 Å². The molecule has 0 radical (unpaired) electrons. The number of nitrogens with one attached hydrogen (secondary N) is 1. The molecule has 1 amide bonds. The highest BCUT2D eigenvalue weighted by atomic mass is 16.5. The van der Waals surface area contributed by atoms with Crippen molar-refractivity contribution >= 4 is 6.09 Å². The molecule has 1 spiro atoms. The Balaban J connectivity index is 1.71. The number of hydrogen-bond donors (Lipinski definition) is 2. The molecular weight excluding hydrogens is 236 g/mol. The molecule has 18 heavy (non-hydrogen) atoms. The molecule has 104 valence electrons. The predicted octanol–water partition coefficient (Wildman–Crippen LogP) is 0.399.